The van der Waals surface area contributed by atoms with Crippen LogP contribution in [-0.4, -0.2) is 25.2 Å². The molecule has 0 amide bonds. The summed E-state index contributed by atoms with van der Waals surface area (Å²) in [4.78, 5) is 4.37. The lowest BCUT2D eigenvalue weighted by molar-refractivity contribution is 0.412. The molecule has 0 spiro atoms. The van der Waals surface area contributed by atoms with Crippen molar-refractivity contribution in [2.75, 3.05) is 20.2 Å². The quantitative estimate of drug-likeness (QED) is 0.915. The van der Waals surface area contributed by atoms with Gasteiger partial charge in [-0.15, -0.1) is 0 Å². The maximum Gasteiger partial charge on any atom is 0.229 e. The summed E-state index contributed by atoms with van der Waals surface area (Å²) in [7, 11) is 1.66. The maximum atomic E-state index is 5.86. The second-order valence-electron chi connectivity index (χ2n) is 4.89. The molecule has 1 atom stereocenters. The molecule has 3 rings (SSSR count). The van der Waals surface area contributed by atoms with Crippen molar-refractivity contribution in [1.82, 2.24) is 10.3 Å². The largest absolute Gasteiger partial charge is 0.496 e. The standard InChI is InChI=1S/C15H18N2O2/c1-18-14-5-3-2-4-13(14)15-17-10-12(19-15)8-11-6-7-16-9-11/h2-5,10-11,16H,6-9H2,1H3. The number of nitrogens with zero attached hydrogens (tertiary/aromatic N) is 1. The number of benzene rings is 1. The zero-order valence-electron chi connectivity index (χ0n) is 11.1. The zero-order chi connectivity index (χ0) is 13.1. The Morgan fingerprint density at radius 3 is 3.11 bits per heavy atom. The van der Waals surface area contributed by atoms with Gasteiger partial charge in [0.15, 0.2) is 0 Å². The molecule has 19 heavy (non-hydrogen) atoms. The molecular weight excluding hydrogens is 240 g/mol. The van der Waals surface area contributed by atoms with Crippen LogP contribution in [-0.2, 0) is 6.42 Å². The highest BCUT2D eigenvalue weighted by atomic mass is 16.5. The zero-order valence-corrected chi connectivity index (χ0v) is 11.1. The normalized spacial score (nSPS) is 18.7. The van der Waals surface area contributed by atoms with Crippen LogP contribution in [0.5, 0.6) is 5.75 Å². The predicted molar refractivity (Wildman–Crippen MR) is 73.2 cm³/mol. The summed E-state index contributed by atoms with van der Waals surface area (Å²) in [6, 6.07) is 7.78. The van der Waals surface area contributed by atoms with E-state index in [0.29, 0.717) is 11.8 Å². The number of methoxy groups -OCH3 is 1. The van der Waals surface area contributed by atoms with Crippen molar-refractivity contribution in [2.45, 2.75) is 12.8 Å². The molecule has 1 aromatic heterocycles. The van der Waals surface area contributed by atoms with E-state index in [4.69, 9.17) is 9.15 Å². The van der Waals surface area contributed by atoms with Gasteiger partial charge in [0.1, 0.15) is 11.5 Å². The van der Waals surface area contributed by atoms with Crippen molar-refractivity contribution in [3.63, 3.8) is 0 Å². The summed E-state index contributed by atoms with van der Waals surface area (Å²) >= 11 is 0. The highest BCUT2D eigenvalue weighted by molar-refractivity contribution is 5.62. The van der Waals surface area contributed by atoms with Gasteiger partial charge >= 0.3 is 0 Å². The Morgan fingerprint density at radius 2 is 2.32 bits per heavy atom. The maximum absolute atomic E-state index is 5.86. The van der Waals surface area contributed by atoms with E-state index in [0.717, 1.165) is 36.6 Å². The second kappa shape index (κ2) is 5.45. The van der Waals surface area contributed by atoms with Crippen LogP contribution >= 0.6 is 0 Å². The summed E-state index contributed by atoms with van der Waals surface area (Å²) in [5.41, 5.74) is 0.904. The summed E-state index contributed by atoms with van der Waals surface area (Å²) in [5.74, 6) is 3.05. The van der Waals surface area contributed by atoms with Gasteiger partial charge in [-0.3, -0.25) is 0 Å². The van der Waals surface area contributed by atoms with E-state index in [-0.39, 0.29) is 0 Å². The molecule has 2 aromatic rings. The van der Waals surface area contributed by atoms with Crippen LogP contribution in [0, 0.1) is 5.92 Å². The molecule has 1 aliphatic heterocycles. The fraction of sp³-hybridized carbons (Fsp3) is 0.400. The van der Waals surface area contributed by atoms with Crippen LogP contribution in [0.2, 0.25) is 0 Å². The molecule has 2 heterocycles. The number of hydrogen-bond acceptors (Lipinski definition) is 4. The Kier molecular flexibility index (Phi) is 3.51. The Bertz CT molecular complexity index is 545. The predicted octanol–water partition coefficient (Wildman–Crippen LogP) is 2.50. The van der Waals surface area contributed by atoms with Crippen molar-refractivity contribution in [3.8, 4) is 17.2 Å². The molecule has 1 fully saturated rings. The number of rotatable bonds is 4. The molecule has 1 saturated heterocycles. The Hall–Kier alpha value is -1.81. The summed E-state index contributed by atoms with van der Waals surface area (Å²) in [6.45, 7) is 2.18. The Balaban J connectivity index is 1.80. The molecule has 0 radical (unpaired) electrons. The minimum Gasteiger partial charge on any atom is -0.496 e. The minimum absolute atomic E-state index is 0.637. The minimum atomic E-state index is 0.637. The Morgan fingerprint density at radius 1 is 1.42 bits per heavy atom. The monoisotopic (exact) mass is 258 g/mol. The molecule has 1 unspecified atom stereocenters. The molecular formula is C15H18N2O2. The first-order valence-electron chi connectivity index (χ1n) is 6.65. The number of nitrogens with one attached hydrogen (secondary N) is 1. The van der Waals surface area contributed by atoms with Crippen molar-refractivity contribution < 1.29 is 9.15 Å². The van der Waals surface area contributed by atoms with Crippen LogP contribution in [0.15, 0.2) is 34.9 Å². The lowest BCUT2D eigenvalue weighted by Gasteiger charge is -2.05. The molecule has 100 valence electrons. The highest BCUT2D eigenvalue weighted by Gasteiger charge is 2.18. The van der Waals surface area contributed by atoms with E-state index in [1.807, 2.05) is 30.5 Å². The molecule has 0 saturated carbocycles. The molecule has 1 aliphatic rings. The van der Waals surface area contributed by atoms with Crippen molar-refractivity contribution in [2.24, 2.45) is 5.92 Å². The number of oxazole rings is 1. The van der Waals surface area contributed by atoms with E-state index in [9.17, 15) is 0 Å². The highest BCUT2D eigenvalue weighted by Crippen LogP contribution is 2.29. The fourth-order valence-electron chi connectivity index (χ4n) is 2.52. The van der Waals surface area contributed by atoms with E-state index >= 15 is 0 Å². The molecule has 4 nitrogen and oxygen atoms in total. The molecule has 1 aromatic carbocycles. The molecule has 0 bridgehead atoms. The first-order valence-corrected chi connectivity index (χ1v) is 6.65. The van der Waals surface area contributed by atoms with Gasteiger partial charge in [-0.25, -0.2) is 4.98 Å². The van der Waals surface area contributed by atoms with E-state index in [1.54, 1.807) is 7.11 Å². The van der Waals surface area contributed by atoms with Gasteiger partial charge in [-0.05, 0) is 37.6 Å². The average Bonchev–Trinajstić information content (AvgIpc) is 3.11. The molecule has 0 aliphatic carbocycles. The fourth-order valence-corrected chi connectivity index (χ4v) is 2.52. The second-order valence-corrected chi connectivity index (χ2v) is 4.89. The van der Waals surface area contributed by atoms with Crippen LogP contribution in [0.3, 0.4) is 0 Å². The summed E-state index contributed by atoms with van der Waals surface area (Å²) in [5, 5.41) is 3.37. The van der Waals surface area contributed by atoms with Crippen molar-refractivity contribution >= 4 is 0 Å². The third-order valence-corrected chi connectivity index (χ3v) is 3.54. The first kappa shape index (κ1) is 12.2. The van der Waals surface area contributed by atoms with Gasteiger partial charge in [-0.1, -0.05) is 12.1 Å². The van der Waals surface area contributed by atoms with Crippen molar-refractivity contribution in [3.05, 3.63) is 36.2 Å². The van der Waals surface area contributed by atoms with Gasteiger partial charge in [0.05, 0.1) is 18.9 Å². The van der Waals surface area contributed by atoms with Crippen LogP contribution in [0.1, 0.15) is 12.2 Å². The smallest absolute Gasteiger partial charge is 0.229 e. The van der Waals surface area contributed by atoms with Gasteiger partial charge in [0, 0.05) is 6.42 Å². The average molecular weight is 258 g/mol. The van der Waals surface area contributed by atoms with Gasteiger partial charge in [0.25, 0.3) is 0 Å². The van der Waals surface area contributed by atoms with Gasteiger partial charge in [-0.2, -0.15) is 0 Å². The van der Waals surface area contributed by atoms with Gasteiger partial charge < -0.3 is 14.5 Å². The number of ether oxygens (including phenoxy) is 1. The molecule has 1 N–H and O–H groups in total. The van der Waals surface area contributed by atoms with Gasteiger partial charge in [0.2, 0.25) is 5.89 Å². The lowest BCUT2D eigenvalue weighted by Crippen LogP contribution is -2.10. The third kappa shape index (κ3) is 2.63. The number of hydrogen-bond donors (Lipinski definition) is 1. The topological polar surface area (TPSA) is 47.3 Å². The Labute approximate surface area is 112 Å². The van der Waals surface area contributed by atoms with Crippen LogP contribution in [0.4, 0.5) is 0 Å². The summed E-state index contributed by atoms with van der Waals surface area (Å²) < 4.78 is 11.2. The number of para-hydroxylation sites is 1. The van der Waals surface area contributed by atoms with E-state index in [1.165, 1.54) is 6.42 Å². The summed E-state index contributed by atoms with van der Waals surface area (Å²) in [6.07, 6.45) is 4.00. The first-order chi connectivity index (χ1) is 9.36. The SMILES string of the molecule is COc1ccccc1-c1ncc(CC2CCNC2)o1. The van der Waals surface area contributed by atoms with E-state index < -0.39 is 0 Å². The van der Waals surface area contributed by atoms with E-state index in [2.05, 4.69) is 10.3 Å². The lowest BCUT2D eigenvalue weighted by atomic mass is 10.0. The van der Waals surface area contributed by atoms with Crippen LogP contribution < -0.4 is 10.1 Å². The van der Waals surface area contributed by atoms with Crippen molar-refractivity contribution in [1.29, 1.82) is 0 Å². The molecule has 4 heteroatoms. The third-order valence-electron chi connectivity index (χ3n) is 3.54. The van der Waals surface area contributed by atoms with Crippen LogP contribution in [0.25, 0.3) is 11.5 Å². The number of aromatic nitrogens is 1.